The molecule has 27 heavy (non-hydrogen) atoms. The van der Waals surface area contributed by atoms with Crippen molar-refractivity contribution < 1.29 is 35.9 Å². The van der Waals surface area contributed by atoms with Gasteiger partial charge in [0.15, 0.2) is 0 Å². The van der Waals surface area contributed by atoms with Gasteiger partial charge in [-0.15, -0.1) is 0 Å². The number of fused-ring (bicyclic) bond motifs is 1. The van der Waals surface area contributed by atoms with Gasteiger partial charge in [0.25, 0.3) is 15.9 Å². The molecule has 1 heterocycles. The van der Waals surface area contributed by atoms with E-state index in [1.165, 1.54) is 24.3 Å². The molecule has 1 aliphatic rings. The third-order valence-electron chi connectivity index (χ3n) is 3.89. The quantitative estimate of drug-likeness (QED) is 0.739. The molecule has 3 rings (SSSR count). The van der Waals surface area contributed by atoms with Gasteiger partial charge in [0.1, 0.15) is 11.5 Å². The first-order valence-corrected chi connectivity index (χ1v) is 9.07. The lowest BCUT2D eigenvalue weighted by molar-refractivity contribution is -0.137. The number of sulfonamides is 1. The second-order valence-electron chi connectivity index (χ2n) is 5.59. The molecule has 1 aliphatic heterocycles. The van der Waals surface area contributed by atoms with Gasteiger partial charge in [-0.1, -0.05) is 12.1 Å². The Morgan fingerprint density at radius 1 is 1.04 bits per heavy atom. The van der Waals surface area contributed by atoms with E-state index in [0.717, 1.165) is 24.3 Å². The molecule has 0 N–H and O–H groups in total. The summed E-state index contributed by atoms with van der Waals surface area (Å²) in [7, 11) is -4.01. The van der Waals surface area contributed by atoms with Crippen LogP contribution in [-0.4, -0.2) is 37.8 Å². The Labute approximate surface area is 152 Å². The van der Waals surface area contributed by atoms with Crippen LogP contribution in [0.25, 0.3) is 0 Å². The summed E-state index contributed by atoms with van der Waals surface area (Å²) in [6.07, 6.45) is -4.53. The summed E-state index contributed by atoms with van der Waals surface area (Å²) in [5, 5.41) is 0. The van der Waals surface area contributed by atoms with Gasteiger partial charge >= 0.3 is 12.1 Å². The van der Waals surface area contributed by atoms with Gasteiger partial charge in [-0.3, -0.25) is 4.79 Å². The van der Waals surface area contributed by atoms with Crippen molar-refractivity contribution >= 4 is 21.9 Å². The number of alkyl halides is 3. The summed E-state index contributed by atoms with van der Waals surface area (Å²) in [6, 6.07) is 9.08. The van der Waals surface area contributed by atoms with E-state index in [1.54, 1.807) is 0 Å². The minimum Gasteiger partial charge on any atom is -0.460 e. The lowest BCUT2D eigenvalue weighted by Crippen LogP contribution is -2.33. The van der Waals surface area contributed by atoms with Crippen molar-refractivity contribution in [3.63, 3.8) is 0 Å². The van der Waals surface area contributed by atoms with Crippen LogP contribution < -0.4 is 0 Å². The molecule has 0 unspecified atom stereocenters. The van der Waals surface area contributed by atoms with Crippen LogP contribution in [0.5, 0.6) is 0 Å². The maximum Gasteiger partial charge on any atom is 0.416 e. The summed E-state index contributed by atoms with van der Waals surface area (Å²) in [4.78, 5) is 24.0. The molecular weight excluding hydrogens is 387 g/mol. The minimum absolute atomic E-state index is 0.0339. The van der Waals surface area contributed by atoms with Crippen molar-refractivity contribution in [1.82, 2.24) is 4.31 Å². The molecule has 1 amide bonds. The lowest BCUT2D eigenvalue weighted by atomic mass is 10.1. The van der Waals surface area contributed by atoms with Gasteiger partial charge in [-0.05, 0) is 36.4 Å². The molecule has 0 radical (unpaired) electrons. The Bertz CT molecular complexity index is 1000. The average molecular weight is 399 g/mol. The monoisotopic (exact) mass is 399 g/mol. The number of nitrogens with zero attached hydrogens (tertiary/aromatic N) is 1. The van der Waals surface area contributed by atoms with Crippen LogP contribution in [0.4, 0.5) is 13.2 Å². The largest absolute Gasteiger partial charge is 0.460 e. The zero-order valence-electron chi connectivity index (χ0n) is 13.6. The normalized spacial score (nSPS) is 15.5. The van der Waals surface area contributed by atoms with E-state index in [-0.39, 0.29) is 16.0 Å². The zero-order chi connectivity index (χ0) is 19.8. The maximum atomic E-state index is 12.5. The molecule has 142 valence electrons. The smallest absolute Gasteiger partial charge is 0.416 e. The number of carbonyl (C=O) groups excluding carboxylic acids is 2. The van der Waals surface area contributed by atoms with Gasteiger partial charge < -0.3 is 4.74 Å². The van der Waals surface area contributed by atoms with E-state index in [1.807, 2.05) is 0 Å². The first kappa shape index (κ1) is 18.9. The molecule has 0 aromatic heterocycles. The Morgan fingerprint density at radius 3 is 2.26 bits per heavy atom. The number of amides is 1. The van der Waals surface area contributed by atoms with Crippen molar-refractivity contribution in [2.24, 2.45) is 0 Å². The summed E-state index contributed by atoms with van der Waals surface area (Å²) in [6.45, 7) is -0.832. The number of hydrogen-bond acceptors (Lipinski definition) is 5. The van der Waals surface area contributed by atoms with Crippen molar-refractivity contribution in [3.05, 3.63) is 65.2 Å². The van der Waals surface area contributed by atoms with Crippen molar-refractivity contribution in [3.8, 4) is 0 Å². The predicted octanol–water partition coefficient (Wildman–Crippen LogP) is 2.71. The molecule has 2 aromatic rings. The standard InChI is InChI=1S/C17H12F3NO5S/c18-17(19,20)12-7-5-11(6-8-12)16(23)26-10-9-21-15(22)13-3-1-2-4-14(13)27(21,24)25/h1-8H,9-10H2. The van der Waals surface area contributed by atoms with Crippen LogP contribution in [0.15, 0.2) is 53.4 Å². The Morgan fingerprint density at radius 2 is 1.67 bits per heavy atom. The second kappa shape index (κ2) is 6.69. The van der Waals surface area contributed by atoms with Gasteiger partial charge in [0.05, 0.1) is 23.2 Å². The molecule has 0 aliphatic carbocycles. The van der Waals surface area contributed by atoms with E-state index in [9.17, 15) is 31.2 Å². The molecule has 0 bridgehead atoms. The highest BCUT2D eigenvalue weighted by Gasteiger charge is 2.40. The fourth-order valence-corrected chi connectivity index (χ4v) is 4.10. The highest BCUT2D eigenvalue weighted by Crippen LogP contribution is 2.30. The number of benzene rings is 2. The van der Waals surface area contributed by atoms with E-state index in [0.29, 0.717) is 4.31 Å². The number of hydrogen-bond donors (Lipinski definition) is 0. The van der Waals surface area contributed by atoms with Gasteiger partial charge in [-0.25, -0.2) is 17.5 Å². The number of esters is 1. The van der Waals surface area contributed by atoms with Crippen molar-refractivity contribution in [2.75, 3.05) is 13.2 Å². The van der Waals surface area contributed by atoms with Gasteiger partial charge in [0.2, 0.25) is 0 Å². The molecule has 0 fully saturated rings. The predicted molar refractivity (Wildman–Crippen MR) is 86.4 cm³/mol. The highest BCUT2D eigenvalue weighted by atomic mass is 32.2. The number of rotatable bonds is 4. The summed E-state index contributed by atoms with van der Waals surface area (Å²) in [5.74, 6) is -1.65. The minimum atomic E-state index is -4.53. The molecule has 0 saturated heterocycles. The molecule has 0 atom stereocenters. The van der Waals surface area contributed by atoms with Crippen LogP contribution in [0.1, 0.15) is 26.3 Å². The van der Waals surface area contributed by atoms with Gasteiger partial charge in [0, 0.05) is 0 Å². The lowest BCUT2D eigenvalue weighted by Gasteiger charge is -2.15. The SMILES string of the molecule is O=C(OCCN1C(=O)c2ccccc2S1(=O)=O)c1ccc(C(F)(F)F)cc1. The fraction of sp³-hybridized carbons (Fsp3) is 0.176. The zero-order valence-corrected chi connectivity index (χ0v) is 14.4. The number of halogens is 3. The molecule has 0 saturated carbocycles. The molecular formula is C17H12F3NO5S. The van der Waals surface area contributed by atoms with Crippen LogP contribution in [0.3, 0.4) is 0 Å². The summed E-state index contributed by atoms with van der Waals surface area (Å²) in [5.41, 5.74) is -1.00. The molecule has 10 heteroatoms. The number of carbonyl (C=O) groups is 2. The van der Waals surface area contributed by atoms with Crippen LogP contribution in [0.2, 0.25) is 0 Å². The summed E-state index contributed by atoms with van der Waals surface area (Å²) < 4.78 is 67.7. The van der Waals surface area contributed by atoms with E-state index in [4.69, 9.17) is 4.74 Å². The topological polar surface area (TPSA) is 80.8 Å². The third-order valence-corrected chi connectivity index (χ3v) is 5.73. The van der Waals surface area contributed by atoms with Crippen LogP contribution in [0, 0.1) is 0 Å². The van der Waals surface area contributed by atoms with Crippen molar-refractivity contribution in [2.45, 2.75) is 11.1 Å². The molecule has 2 aromatic carbocycles. The van der Waals surface area contributed by atoms with E-state index in [2.05, 4.69) is 0 Å². The highest BCUT2D eigenvalue weighted by molar-refractivity contribution is 7.90. The number of ether oxygens (including phenoxy) is 1. The third kappa shape index (κ3) is 3.52. The Hall–Kier alpha value is -2.88. The maximum absolute atomic E-state index is 12.5. The van der Waals surface area contributed by atoms with Crippen molar-refractivity contribution in [1.29, 1.82) is 0 Å². The van der Waals surface area contributed by atoms with E-state index < -0.39 is 46.8 Å². The first-order chi connectivity index (χ1) is 12.6. The molecule has 0 spiro atoms. The molecule has 6 nitrogen and oxygen atoms in total. The summed E-state index contributed by atoms with van der Waals surface area (Å²) >= 11 is 0. The van der Waals surface area contributed by atoms with Crippen LogP contribution >= 0.6 is 0 Å². The van der Waals surface area contributed by atoms with Crippen LogP contribution in [-0.2, 0) is 20.9 Å². The second-order valence-corrected chi connectivity index (χ2v) is 7.42. The Kier molecular flexibility index (Phi) is 4.68. The van der Waals surface area contributed by atoms with E-state index >= 15 is 0 Å². The fourth-order valence-electron chi connectivity index (χ4n) is 2.55. The average Bonchev–Trinajstić information content (AvgIpc) is 2.82. The first-order valence-electron chi connectivity index (χ1n) is 7.63. The Balaban J connectivity index is 1.64. The van der Waals surface area contributed by atoms with Gasteiger partial charge in [-0.2, -0.15) is 13.2 Å².